The summed E-state index contributed by atoms with van der Waals surface area (Å²) in [5.74, 6) is 0. The molecule has 0 amide bonds. The van der Waals surface area contributed by atoms with Crippen LogP contribution in [0, 0.1) is 5.53 Å². The topological polar surface area (TPSA) is 136 Å². The largest absolute Gasteiger partial charge is 0.289 e. The van der Waals surface area contributed by atoms with Gasteiger partial charge >= 0.3 is 0 Å². The minimum atomic E-state index is 0.198. The van der Waals surface area contributed by atoms with Gasteiger partial charge in [0.1, 0.15) is 6.67 Å². The van der Waals surface area contributed by atoms with Crippen molar-refractivity contribution in [3.63, 3.8) is 0 Å². The second kappa shape index (κ2) is 6.00. The number of azide groups is 1. The molecular weight excluding hydrogens is 174 g/mol. The number of quaternary nitrogens is 1. The molecule has 0 saturated carbocycles. The number of nitrogens with one attached hydrogen (secondary N) is 1. The van der Waals surface area contributed by atoms with E-state index in [1.54, 1.807) is 7.05 Å². The van der Waals surface area contributed by atoms with E-state index in [1.165, 1.54) is 0 Å². The molecule has 1 atom stereocenters. The Bertz CT molecular complexity index is 228. The SMILES string of the molecule is C[N+](CN)(CN=NN=N)CN=[N+]=[N-]. The Morgan fingerprint density at radius 2 is 2.23 bits per heavy atom. The van der Waals surface area contributed by atoms with Gasteiger partial charge in [-0.2, -0.15) is 5.53 Å². The van der Waals surface area contributed by atoms with E-state index in [1.807, 2.05) is 0 Å². The highest BCUT2D eigenvalue weighted by Gasteiger charge is 2.17. The van der Waals surface area contributed by atoms with Crippen LogP contribution in [0.1, 0.15) is 0 Å². The first-order chi connectivity index (χ1) is 6.18. The summed E-state index contributed by atoms with van der Waals surface area (Å²) in [6, 6.07) is 0. The zero-order chi connectivity index (χ0) is 10.2. The molecule has 9 heteroatoms. The molecule has 0 bridgehead atoms. The van der Waals surface area contributed by atoms with Crippen LogP contribution in [0.5, 0.6) is 0 Å². The van der Waals surface area contributed by atoms with Crippen molar-refractivity contribution in [2.45, 2.75) is 0 Å². The van der Waals surface area contributed by atoms with E-state index in [0.717, 1.165) is 0 Å². The number of hydrogen-bond donors (Lipinski definition) is 2. The van der Waals surface area contributed by atoms with Gasteiger partial charge in [0.25, 0.3) is 0 Å². The summed E-state index contributed by atoms with van der Waals surface area (Å²) in [7, 11) is 1.76. The molecule has 0 rings (SSSR count). The molecule has 0 radical (unpaired) electrons. The highest BCUT2D eigenvalue weighted by atomic mass is 15.5. The molecule has 0 spiro atoms. The maximum absolute atomic E-state index is 8.10. The van der Waals surface area contributed by atoms with Gasteiger partial charge in [-0.25, -0.2) is 0 Å². The molecule has 13 heavy (non-hydrogen) atoms. The van der Waals surface area contributed by atoms with Crippen LogP contribution < -0.4 is 5.73 Å². The lowest BCUT2D eigenvalue weighted by atomic mass is 10.6. The summed E-state index contributed by atoms with van der Waals surface area (Å²) >= 11 is 0. The van der Waals surface area contributed by atoms with Crippen LogP contribution in [-0.4, -0.2) is 31.5 Å². The molecule has 0 heterocycles. The standard InChI is InChI=1S/C4H12N9/c1-13(2-5,3-8-10-6)4-9-12-11-7/h7H,2-5H2,1H3/q+1. The average Bonchev–Trinajstić information content (AvgIpc) is 2.15. The molecule has 72 valence electrons. The molecule has 0 aliphatic carbocycles. The minimum Gasteiger partial charge on any atom is -0.289 e. The fourth-order valence-electron chi connectivity index (χ4n) is 0.554. The fourth-order valence-corrected chi connectivity index (χ4v) is 0.554. The Morgan fingerprint density at radius 3 is 2.69 bits per heavy atom. The first-order valence-electron chi connectivity index (χ1n) is 3.46. The van der Waals surface area contributed by atoms with Gasteiger partial charge in [0.2, 0.25) is 0 Å². The molecule has 0 aliphatic rings. The van der Waals surface area contributed by atoms with Gasteiger partial charge in [-0.1, -0.05) is 0 Å². The second-order valence-corrected chi connectivity index (χ2v) is 2.65. The van der Waals surface area contributed by atoms with Crippen molar-refractivity contribution in [2.24, 2.45) is 26.4 Å². The number of nitrogens with two attached hydrogens (primary N) is 1. The molecule has 0 saturated heterocycles. The molecule has 1 unspecified atom stereocenters. The molecule has 0 aromatic heterocycles. The lowest BCUT2D eigenvalue weighted by Crippen LogP contribution is -2.48. The van der Waals surface area contributed by atoms with E-state index in [0.29, 0.717) is 0 Å². The lowest BCUT2D eigenvalue weighted by Gasteiger charge is -2.27. The summed E-state index contributed by atoms with van der Waals surface area (Å²) < 4.78 is 0.239. The third-order valence-corrected chi connectivity index (χ3v) is 1.42. The Balaban J connectivity index is 4.17. The van der Waals surface area contributed by atoms with Crippen molar-refractivity contribution in [2.75, 3.05) is 27.1 Å². The van der Waals surface area contributed by atoms with Crippen LogP contribution in [0.4, 0.5) is 0 Å². The van der Waals surface area contributed by atoms with Crippen LogP contribution in [0.3, 0.4) is 0 Å². The van der Waals surface area contributed by atoms with Gasteiger partial charge in [-0.3, -0.25) is 10.2 Å². The Morgan fingerprint density at radius 1 is 1.54 bits per heavy atom. The lowest BCUT2D eigenvalue weighted by molar-refractivity contribution is -0.908. The number of rotatable bonds is 6. The molecule has 0 aromatic rings. The quantitative estimate of drug-likeness (QED) is 0.157. The first kappa shape index (κ1) is 11.4. The van der Waals surface area contributed by atoms with Crippen LogP contribution >= 0.6 is 0 Å². The highest BCUT2D eigenvalue weighted by Crippen LogP contribution is 2.00. The van der Waals surface area contributed by atoms with Gasteiger partial charge in [0.05, 0.1) is 7.05 Å². The van der Waals surface area contributed by atoms with Crippen LogP contribution in [-0.2, 0) is 0 Å². The zero-order valence-corrected chi connectivity index (χ0v) is 7.33. The summed E-state index contributed by atoms with van der Waals surface area (Å²) in [5, 5.41) is 12.8. The van der Waals surface area contributed by atoms with Crippen molar-refractivity contribution in [3.8, 4) is 0 Å². The van der Waals surface area contributed by atoms with E-state index in [4.69, 9.17) is 16.8 Å². The van der Waals surface area contributed by atoms with Gasteiger partial charge in [0, 0.05) is 4.91 Å². The summed E-state index contributed by atoms with van der Waals surface area (Å²) in [6.07, 6.45) is 0. The van der Waals surface area contributed by atoms with E-state index < -0.39 is 0 Å². The zero-order valence-electron chi connectivity index (χ0n) is 7.33. The molecule has 0 aromatic carbocycles. The van der Waals surface area contributed by atoms with Crippen molar-refractivity contribution >= 4 is 0 Å². The normalized spacial score (nSPS) is 14.9. The van der Waals surface area contributed by atoms with Crippen molar-refractivity contribution in [1.82, 2.24) is 0 Å². The monoisotopic (exact) mass is 186 g/mol. The Hall–Kier alpha value is -1.57. The van der Waals surface area contributed by atoms with E-state index in [9.17, 15) is 0 Å². The Kier molecular flexibility index (Phi) is 5.28. The summed E-state index contributed by atoms with van der Waals surface area (Å²) in [4.78, 5) is 2.62. The van der Waals surface area contributed by atoms with Crippen LogP contribution in [0.15, 0.2) is 20.7 Å². The van der Waals surface area contributed by atoms with Gasteiger partial charge < -0.3 is 0 Å². The second-order valence-electron chi connectivity index (χ2n) is 2.65. The highest BCUT2D eigenvalue weighted by molar-refractivity contribution is 4.38. The summed E-state index contributed by atoms with van der Waals surface area (Å²) in [5.41, 5.74) is 19.9. The van der Waals surface area contributed by atoms with E-state index >= 15 is 0 Å². The fraction of sp³-hybridized carbons (Fsp3) is 1.00. The molecule has 0 aliphatic heterocycles. The smallest absolute Gasteiger partial charge is 0.195 e. The molecule has 0 fully saturated rings. The van der Waals surface area contributed by atoms with Crippen molar-refractivity contribution in [3.05, 3.63) is 10.4 Å². The van der Waals surface area contributed by atoms with Crippen molar-refractivity contribution in [1.29, 1.82) is 5.53 Å². The predicted octanol–water partition coefficient (Wildman–Crippen LogP) is 0.973. The predicted molar refractivity (Wildman–Crippen MR) is 44.1 cm³/mol. The van der Waals surface area contributed by atoms with Crippen molar-refractivity contribution < 1.29 is 4.48 Å². The summed E-state index contributed by atoms with van der Waals surface area (Å²) in [6.45, 7) is 0.706. The Labute approximate surface area is 74.9 Å². The minimum absolute atomic E-state index is 0.198. The third kappa shape index (κ3) is 4.80. The van der Waals surface area contributed by atoms with Crippen LogP contribution in [0.25, 0.3) is 10.4 Å². The van der Waals surface area contributed by atoms with Crippen LogP contribution in [0.2, 0.25) is 0 Å². The number of nitrogens with zero attached hydrogens (tertiary/aromatic N) is 7. The maximum atomic E-state index is 8.10. The average molecular weight is 186 g/mol. The maximum Gasteiger partial charge on any atom is 0.195 e. The van der Waals surface area contributed by atoms with Gasteiger partial charge in [-0.05, 0) is 21.1 Å². The van der Waals surface area contributed by atoms with Gasteiger partial charge in [0.15, 0.2) is 13.3 Å². The number of hydrogen-bond acceptors (Lipinski definition) is 4. The third-order valence-electron chi connectivity index (χ3n) is 1.42. The van der Waals surface area contributed by atoms with Gasteiger partial charge in [-0.15, -0.1) is 5.11 Å². The molecule has 3 N–H and O–H groups in total. The first-order valence-corrected chi connectivity index (χ1v) is 3.46. The van der Waals surface area contributed by atoms with E-state index in [2.05, 4.69) is 25.6 Å². The van der Waals surface area contributed by atoms with E-state index in [-0.39, 0.29) is 24.5 Å². The molecule has 9 nitrogen and oxygen atoms in total. The molecular formula is C4H12N9+.